The van der Waals surface area contributed by atoms with Crippen molar-refractivity contribution in [2.24, 2.45) is 10.8 Å². The number of hydrogen-bond donors (Lipinski definition) is 0. The standard InChI is InChI=1S/C30H36ClNO4/c1-8-10-32-20-14-29(3,4)16-22(33)26(20)25(27-21(32)15-30(5,6)17-23(27)34)18-12-19(31)28(36-11-9-2)24(13-18)35-7/h2,12-13,25H,8,10-11,14-17H2,1,3-7H3. The van der Waals surface area contributed by atoms with Gasteiger partial charge in [0.05, 0.1) is 12.1 Å². The number of carbonyl (C=O) groups excluding carboxylic acids is 2. The minimum absolute atomic E-state index is 0.0522. The fourth-order valence-corrected chi connectivity index (χ4v) is 6.31. The molecule has 1 aromatic rings. The fraction of sp³-hybridized carbons (Fsp3) is 0.533. The van der Waals surface area contributed by atoms with Gasteiger partial charge < -0.3 is 14.4 Å². The average Bonchev–Trinajstić information content (AvgIpc) is 2.77. The number of ether oxygens (including phenoxy) is 2. The lowest BCUT2D eigenvalue weighted by molar-refractivity contribution is -0.119. The molecule has 0 radical (unpaired) electrons. The molecule has 2 aliphatic carbocycles. The van der Waals surface area contributed by atoms with E-state index in [4.69, 9.17) is 27.5 Å². The Hall–Kier alpha value is -2.71. The molecule has 0 aromatic heterocycles. The van der Waals surface area contributed by atoms with E-state index >= 15 is 0 Å². The predicted octanol–water partition coefficient (Wildman–Crippen LogP) is 6.46. The summed E-state index contributed by atoms with van der Waals surface area (Å²) in [5, 5.41) is 0.340. The van der Waals surface area contributed by atoms with Gasteiger partial charge in [0.2, 0.25) is 0 Å². The minimum Gasteiger partial charge on any atom is -0.493 e. The highest BCUT2D eigenvalue weighted by Gasteiger charge is 2.49. The second-order valence-electron chi connectivity index (χ2n) is 11.7. The molecular formula is C30H36ClNO4. The maximum Gasteiger partial charge on any atom is 0.181 e. The summed E-state index contributed by atoms with van der Waals surface area (Å²) >= 11 is 6.67. The first-order valence-corrected chi connectivity index (χ1v) is 13.0. The van der Waals surface area contributed by atoms with Gasteiger partial charge >= 0.3 is 0 Å². The number of halogens is 1. The summed E-state index contributed by atoms with van der Waals surface area (Å²) in [4.78, 5) is 29.9. The van der Waals surface area contributed by atoms with E-state index in [1.165, 1.54) is 0 Å². The molecule has 0 fully saturated rings. The minimum atomic E-state index is -0.483. The summed E-state index contributed by atoms with van der Waals surface area (Å²) in [6, 6.07) is 3.64. The Bertz CT molecular complexity index is 1160. The first-order valence-electron chi connectivity index (χ1n) is 12.7. The molecule has 1 aromatic carbocycles. The van der Waals surface area contributed by atoms with E-state index in [2.05, 4.69) is 45.4 Å². The van der Waals surface area contributed by atoms with Gasteiger partial charge in [0.15, 0.2) is 23.1 Å². The van der Waals surface area contributed by atoms with Gasteiger partial charge in [0, 0.05) is 47.8 Å². The summed E-state index contributed by atoms with van der Waals surface area (Å²) in [6.07, 6.45) is 8.74. The molecule has 36 heavy (non-hydrogen) atoms. The fourth-order valence-electron chi connectivity index (χ4n) is 6.03. The molecule has 1 heterocycles. The van der Waals surface area contributed by atoms with Crippen molar-refractivity contribution >= 4 is 23.2 Å². The van der Waals surface area contributed by atoms with Gasteiger partial charge in [0.1, 0.15) is 6.61 Å². The molecule has 5 nitrogen and oxygen atoms in total. The molecule has 0 amide bonds. The number of terminal acetylenes is 1. The molecule has 0 bridgehead atoms. The Morgan fingerprint density at radius 3 is 2.06 bits per heavy atom. The van der Waals surface area contributed by atoms with E-state index in [0.717, 1.165) is 53.9 Å². The normalized spacial score (nSPS) is 21.2. The van der Waals surface area contributed by atoms with Crippen molar-refractivity contribution in [3.05, 3.63) is 45.3 Å². The van der Waals surface area contributed by atoms with Crippen LogP contribution in [0.1, 0.15) is 78.2 Å². The van der Waals surface area contributed by atoms with Crippen LogP contribution in [0, 0.1) is 23.2 Å². The highest BCUT2D eigenvalue weighted by Crippen LogP contribution is 2.55. The van der Waals surface area contributed by atoms with Gasteiger partial charge in [-0.1, -0.05) is 52.1 Å². The summed E-state index contributed by atoms with van der Waals surface area (Å²) in [7, 11) is 1.54. The molecule has 3 aliphatic rings. The Labute approximate surface area is 219 Å². The zero-order chi connectivity index (χ0) is 26.4. The third-order valence-corrected chi connectivity index (χ3v) is 7.63. The molecule has 0 unspecified atom stereocenters. The van der Waals surface area contributed by atoms with Gasteiger partial charge in [-0.2, -0.15) is 0 Å². The maximum atomic E-state index is 13.8. The third-order valence-electron chi connectivity index (χ3n) is 7.35. The lowest BCUT2D eigenvalue weighted by Crippen LogP contribution is -2.44. The van der Waals surface area contributed by atoms with Crippen molar-refractivity contribution in [2.45, 2.75) is 72.6 Å². The van der Waals surface area contributed by atoms with E-state index in [-0.39, 0.29) is 29.0 Å². The zero-order valence-corrected chi connectivity index (χ0v) is 23.0. The lowest BCUT2D eigenvalue weighted by atomic mass is 9.63. The highest BCUT2D eigenvalue weighted by atomic mass is 35.5. The molecule has 0 N–H and O–H groups in total. The second-order valence-corrected chi connectivity index (χ2v) is 12.1. The van der Waals surface area contributed by atoms with Gasteiger partial charge in [-0.05, 0) is 47.8 Å². The van der Waals surface area contributed by atoms with Gasteiger partial charge in [0.25, 0.3) is 0 Å². The van der Waals surface area contributed by atoms with Crippen LogP contribution in [0.3, 0.4) is 0 Å². The summed E-state index contributed by atoms with van der Waals surface area (Å²) < 4.78 is 11.3. The number of benzene rings is 1. The second kappa shape index (κ2) is 9.63. The van der Waals surface area contributed by atoms with Crippen molar-refractivity contribution < 1.29 is 19.1 Å². The van der Waals surface area contributed by atoms with Crippen LogP contribution in [0.15, 0.2) is 34.7 Å². The summed E-state index contributed by atoms with van der Waals surface area (Å²) in [5.74, 6) is 2.95. The number of allylic oxidation sites excluding steroid dienone is 4. The van der Waals surface area contributed by atoms with Crippen LogP contribution >= 0.6 is 11.6 Å². The first-order chi connectivity index (χ1) is 16.9. The van der Waals surface area contributed by atoms with Crippen LogP contribution in [0.2, 0.25) is 5.02 Å². The topological polar surface area (TPSA) is 55.8 Å². The Balaban J connectivity index is 1.99. The van der Waals surface area contributed by atoms with E-state index in [1.807, 2.05) is 6.07 Å². The summed E-state index contributed by atoms with van der Waals surface area (Å²) in [6.45, 7) is 11.5. The molecular weight excluding hydrogens is 474 g/mol. The number of carbonyl (C=O) groups is 2. The van der Waals surface area contributed by atoms with Crippen molar-refractivity contribution in [3.8, 4) is 23.8 Å². The Kier molecular flexibility index (Phi) is 7.05. The first kappa shape index (κ1) is 26.4. The van der Waals surface area contributed by atoms with Crippen molar-refractivity contribution in [3.63, 3.8) is 0 Å². The van der Waals surface area contributed by atoms with E-state index in [0.29, 0.717) is 29.4 Å². The SMILES string of the molecule is C#CCOc1c(Cl)cc(C2C3=C(CC(C)(C)CC3=O)N(CCC)C3=C2C(=O)CC(C)(C)C3)cc1OC. The monoisotopic (exact) mass is 509 g/mol. The molecule has 192 valence electrons. The van der Waals surface area contributed by atoms with Crippen LogP contribution in [0.5, 0.6) is 11.5 Å². The van der Waals surface area contributed by atoms with Crippen molar-refractivity contribution in [1.29, 1.82) is 0 Å². The van der Waals surface area contributed by atoms with Crippen molar-refractivity contribution in [2.75, 3.05) is 20.3 Å². The predicted molar refractivity (Wildman–Crippen MR) is 142 cm³/mol. The van der Waals surface area contributed by atoms with Crippen LogP contribution < -0.4 is 9.47 Å². The molecule has 4 rings (SSSR count). The van der Waals surface area contributed by atoms with Crippen LogP contribution in [-0.4, -0.2) is 36.7 Å². The van der Waals surface area contributed by atoms with E-state index in [1.54, 1.807) is 13.2 Å². The number of Topliss-reactive ketones (excluding diaryl/α,β-unsaturated/α-hetero) is 2. The van der Waals surface area contributed by atoms with E-state index in [9.17, 15) is 9.59 Å². The quantitative estimate of drug-likeness (QED) is 0.412. The molecule has 0 saturated carbocycles. The van der Waals surface area contributed by atoms with Gasteiger partial charge in [-0.25, -0.2) is 0 Å². The van der Waals surface area contributed by atoms with Crippen LogP contribution in [0.4, 0.5) is 0 Å². The number of rotatable bonds is 6. The van der Waals surface area contributed by atoms with Gasteiger partial charge in [-0.3, -0.25) is 9.59 Å². The number of hydrogen-bond acceptors (Lipinski definition) is 5. The highest BCUT2D eigenvalue weighted by molar-refractivity contribution is 6.32. The molecule has 0 saturated heterocycles. The van der Waals surface area contributed by atoms with Crippen LogP contribution in [-0.2, 0) is 9.59 Å². The van der Waals surface area contributed by atoms with Crippen LogP contribution in [0.25, 0.3) is 0 Å². The van der Waals surface area contributed by atoms with E-state index < -0.39 is 5.92 Å². The zero-order valence-electron chi connectivity index (χ0n) is 22.2. The molecule has 1 aliphatic heterocycles. The Morgan fingerprint density at radius 2 is 1.58 bits per heavy atom. The number of ketones is 2. The number of nitrogens with zero attached hydrogens (tertiary/aromatic N) is 1. The molecule has 0 atom stereocenters. The van der Waals surface area contributed by atoms with Gasteiger partial charge in [-0.15, -0.1) is 6.42 Å². The lowest BCUT2D eigenvalue weighted by Gasteiger charge is -2.49. The third kappa shape index (κ3) is 4.68. The average molecular weight is 510 g/mol. The summed E-state index contributed by atoms with van der Waals surface area (Å²) in [5.41, 5.74) is 4.02. The smallest absolute Gasteiger partial charge is 0.181 e. The molecule has 6 heteroatoms. The molecule has 0 spiro atoms. The van der Waals surface area contributed by atoms with Crippen molar-refractivity contribution in [1.82, 2.24) is 4.90 Å². The Morgan fingerprint density at radius 1 is 1.03 bits per heavy atom. The largest absolute Gasteiger partial charge is 0.493 e. The number of methoxy groups -OCH3 is 1. The maximum absolute atomic E-state index is 13.8.